The van der Waals surface area contributed by atoms with Gasteiger partial charge in [-0.1, -0.05) is 13.3 Å². The number of hydrogen-bond acceptors (Lipinski definition) is 5. The number of nitrogens with zero attached hydrogens (tertiary/aromatic N) is 1. The van der Waals surface area contributed by atoms with Crippen LogP contribution in [0.4, 0.5) is 0 Å². The Labute approximate surface area is 130 Å². The first-order chi connectivity index (χ1) is 9.93. The third kappa shape index (κ3) is 3.00. The highest BCUT2D eigenvalue weighted by Crippen LogP contribution is 2.33. The molecule has 1 aromatic heterocycles. The van der Waals surface area contributed by atoms with Gasteiger partial charge in [-0.25, -0.2) is 13.2 Å². The summed E-state index contributed by atoms with van der Waals surface area (Å²) >= 11 is 1.13. The Hall–Kier alpha value is -0.920. The number of carbonyl (C=O) groups is 1. The van der Waals surface area contributed by atoms with Crippen molar-refractivity contribution in [1.82, 2.24) is 4.31 Å². The largest absolute Gasteiger partial charge is 0.465 e. The molecule has 0 N–H and O–H groups in total. The van der Waals surface area contributed by atoms with Crippen molar-refractivity contribution in [3.63, 3.8) is 0 Å². The Morgan fingerprint density at radius 1 is 1.48 bits per heavy atom. The minimum Gasteiger partial charge on any atom is -0.465 e. The van der Waals surface area contributed by atoms with Crippen LogP contribution in [0.5, 0.6) is 0 Å². The van der Waals surface area contributed by atoms with Gasteiger partial charge in [0.15, 0.2) is 0 Å². The Bertz CT molecular complexity index is 621. The second-order valence-corrected chi connectivity index (χ2v) is 7.95. The van der Waals surface area contributed by atoms with E-state index in [1.165, 1.54) is 7.11 Å². The van der Waals surface area contributed by atoms with Gasteiger partial charge >= 0.3 is 5.97 Å². The Morgan fingerprint density at radius 3 is 2.81 bits per heavy atom. The van der Waals surface area contributed by atoms with E-state index in [-0.39, 0.29) is 15.8 Å². The van der Waals surface area contributed by atoms with Crippen LogP contribution >= 0.6 is 11.3 Å². The van der Waals surface area contributed by atoms with Crippen LogP contribution in [0.15, 0.2) is 10.3 Å². The number of esters is 1. The van der Waals surface area contributed by atoms with Gasteiger partial charge in [0.05, 0.1) is 7.11 Å². The van der Waals surface area contributed by atoms with Gasteiger partial charge in [-0.2, -0.15) is 4.31 Å². The maximum absolute atomic E-state index is 13.0. The van der Waals surface area contributed by atoms with Crippen LogP contribution in [0, 0.1) is 6.92 Å². The van der Waals surface area contributed by atoms with Gasteiger partial charge in [-0.3, -0.25) is 0 Å². The van der Waals surface area contributed by atoms with Crippen LogP contribution in [0.1, 0.15) is 47.8 Å². The first-order valence-electron chi connectivity index (χ1n) is 7.11. The monoisotopic (exact) mass is 331 g/mol. The summed E-state index contributed by atoms with van der Waals surface area (Å²) in [7, 11) is -2.39. The third-order valence-corrected chi connectivity index (χ3v) is 7.25. The lowest BCUT2D eigenvalue weighted by molar-refractivity contribution is 0.0602. The number of piperidine rings is 1. The fraction of sp³-hybridized carbons (Fsp3) is 0.643. The second kappa shape index (κ2) is 6.46. The fourth-order valence-corrected chi connectivity index (χ4v) is 6.23. The molecule has 0 spiro atoms. The fourth-order valence-electron chi connectivity index (χ4n) is 2.80. The maximum atomic E-state index is 13.0. The second-order valence-electron chi connectivity index (χ2n) is 5.24. The average molecular weight is 331 g/mol. The van der Waals surface area contributed by atoms with Gasteiger partial charge in [0, 0.05) is 12.6 Å². The molecule has 7 heteroatoms. The van der Waals surface area contributed by atoms with Gasteiger partial charge in [0.2, 0.25) is 10.0 Å². The molecule has 118 valence electrons. The molecule has 1 aliphatic heterocycles. The van der Waals surface area contributed by atoms with Gasteiger partial charge in [0.25, 0.3) is 0 Å². The topological polar surface area (TPSA) is 63.7 Å². The van der Waals surface area contributed by atoms with Crippen LogP contribution in [-0.2, 0) is 14.8 Å². The number of carbonyl (C=O) groups excluding carboxylic acids is 1. The van der Waals surface area contributed by atoms with Crippen molar-refractivity contribution in [3.05, 3.63) is 15.8 Å². The molecule has 1 aromatic rings. The molecule has 0 aromatic carbocycles. The van der Waals surface area contributed by atoms with E-state index in [1.54, 1.807) is 16.6 Å². The normalized spacial score (nSPS) is 20.4. The van der Waals surface area contributed by atoms with Crippen molar-refractivity contribution in [2.75, 3.05) is 13.7 Å². The predicted octanol–water partition coefficient (Wildman–Crippen LogP) is 2.80. The molecule has 1 atom stereocenters. The van der Waals surface area contributed by atoms with Crippen LogP contribution in [-0.4, -0.2) is 38.4 Å². The van der Waals surface area contributed by atoms with Gasteiger partial charge in [0.1, 0.15) is 9.77 Å². The molecular formula is C14H21NO4S2. The lowest BCUT2D eigenvalue weighted by Crippen LogP contribution is -2.43. The van der Waals surface area contributed by atoms with Crippen LogP contribution in [0.2, 0.25) is 0 Å². The number of rotatable bonds is 4. The smallest absolute Gasteiger partial charge is 0.349 e. The van der Waals surface area contributed by atoms with Crippen molar-refractivity contribution in [1.29, 1.82) is 0 Å². The number of methoxy groups -OCH3 is 1. The number of thiophene rings is 1. The lowest BCUT2D eigenvalue weighted by atomic mass is 10.0. The van der Waals surface area contributed by atoms with E-state index in [0.29, 0.717) is 12.1 Å². The minimum atomic E-state index is -3.65. The van der Waals surface area contributed by atoms with E-state index < -0.39 is 16.0 Å². The van der Waals surface area contributed by atoms with Crippen molar-refractivity contribution >= 4 is 27.3 Å². The highest BCUT2D eigenvalue weighted by molar-refractivity contribution is 7.89. The van der Waals surface area contributed by atoms with E-state index in [2.05, 4.69) is 0 Å². The number of aryl methyl sites for hydroxylation is 1. The van der Waals surface area contributed by atoms with E-state index in [4.69, 9.17) is 4.74 Å². The molecule has 1 saturated heterocycles. The molecule has 0 amide bonds. The van der Waals surface area contributed by atoms with Crippen molar-refractivity contribution in [3.8, 4) is 0 Å². The molecule has 0 aliphatic carbocycles. The zero-order chi connectivity index (χ0) is 15.6. The SMILES string of the molecule is CCC1CCCCN1S(=O)(=O)c1c(C)csc1C(=O)OC. The Balaban J connectivity index is 2.48. The molecule has 1 fully saturated rings. The van der Waals surface area contributed by atoms with Crippen molar-refractivity contribution in [2.24, 2.45) is 0 Å². The molecule has 5 nitrogen and oxygen atoms in total. The summed E-state index contributed by atoms with van der Waals surface area (Å²) in [6.07, 6.45) is 3.59. The minimum absolute atomic E-state index is 0.0218. The summed E-state index contributed by atoms with van der Waals surface area (Å²) in [4.78, 5) is 12.1. The van der Waals surface area contributed by atoms with Crippen LogP contribution in [0.25, 0.3) is 0 Å². The summed E-state index contributed by atoms with van der Waals surface area (Å²) < 4.78 is 32.3. The van der Waals surface area contributed by atoms with Gasteiger partial charge in [-0.15, -0.1) is 11.3 Å². The highest BCUT2D eigenvalue weighted by atomic mass is 32.2. The van der Waals surface area contributed by atoms with Crippen molar-refractivity contribution in [2.45, 2.75) is 50.5 Å². The van der Waals surface area contributed by atoms with E-state index >= 15 is 0 Å². The van der Waals surface area contributed by atoms with Gasteiger partial charge in [-0.05, 0) is 37.1 Å². The highest BCUT2D eigenvalue weighted by Gasteiger charge is 2.37. The van der Waals surface area contributed by atoms with E-state index in [1.807, 2.05) is 6.92 Å². The van der Waals surface area contributed by atoms with Crippen molar-refractivity contribution < 1.29 is 17.9 Å². The summed E-state index contributed by atoms with van der Waals surface area (Å²) in [6, 6.07) is 0.0218. The number of hydrogen-bond donors (Lipinski definition) is 0. The lowest BCUT2D eigenvalue weighted by Gasteiger charge is -2.34. The Kier molecular flexibility index (Phi) is 5.06. The molecular weight excluding hydrogens is 310 g/mol. The third-order valence-electron chi connectivity index (χ3n) is 3.90. The zero-order valence-corrected chi connectivity index (χ0v) is 14.2. The molecule has 0 bridgehead atoms. The molecule has 1 unspecified atom stereocenters. The average Bonchev–Trinajstić information content (AvgIpc) is 2.88. The molecule has 1 aliphatic rings. The number of sulfonamides is 1. The Morgan fingerprint density at radius 2 is 2.19 bits per heavy atom. The summed E-state index contributed by atoms with van der Waals surface area (Å²) in [5.41, 5.74) is 0.612. The molecule has 2 rings (SSSR count). The number of ether oxygens (including phenoxy) is 1. The molecule has 21 heavy (non-hydrogen) atoms. The summed E-state index contributed by atoms with van der Waals surface area (Å²) in [5.74, 6) is -0.586. The molecule has 2 heterocycles. The van der Waals surface area contributed by atoms with E-state index in [9.17, 15) is 13.2 Å². The van der Waals surface area contributed by atoms with E-state index in [0.717, 1.165) is 37.0 Å². The maximum Gasteiger partial charge on any atom is 0.349 e. The first-order valence-corrected chi connectivity index (χ1v) is 9.43. The predicted molar refractivity (Wildman–Crippen MR) is 82.2 cm³/mol. The zero-order valence-electron chi connectivity index (χ0n) is 12.6. The standard InChI is InChI=1S/C14H21NO4S2/c1-4-11-7-5-6-8-15(11)21(17,18)13-10(2)9-20-12(13)14(16)19-3/h9,11H,4-8H2,1-3H3. The summed E-state index contributed by atoms with van der Waals surface area (Å²) in [5, 5.41) is 1.70. The molecule has 0 saturated carbocycles. The summed E-state index contributed by atoms with van der Waals surface area (Å²) in [6.45, 7) is 4.25. The van der Waals surface area contributed by atoms with Crippen LogP contribution < -0.4 is 0 Å². The van der Waals surface area contributed by atoms with Crippen LogP contribution in [0.3, 0.4) is 0 Å². The quantitative estimate of drug-likeness (QED) is 0.796. The molecule has 0 radical (unpaired) electrons. The first kappa shape index (κ1) is 16.5. The van der Waals surface area contributed by atoms with Gasteiger partial charge < -0.3 is 4.74 Å².